The smallest absolute Gasteiger partial charge is 0.151 e. The van der Waals surface area contributed by atoms with Crippen LogP contribution in [0.2, 0.25) is 5.02 Å². The zero-order valence-corrected chi connectivity index (χ0v) is 15.3. The molecule has 1 saturated heterocycles. The van der Waals surface area contributed by atoms with Gasteiger partial charge >= 0.3 is 0 Å². The van der Waals surface area contributed by atoms with Gasteiger partial charge in [-0.25, -0.2) is 0 Å². The van der Waals surface area contributed by atoms with Crippen LogP contribution in [0.4, 0.5) is 5.82 Å². The molecule has 0 amide bonds. The molecule has 0 N–H and O–H groups in total. The first-order valence-corrected chi connectivity index (χ1v) is 9.27. The summed E-state index contributed by atoms with van der Waals surface area (Å²) in [7, 11) is 0. The lowest BCUT2D eigenvalue weighted by atomic mass is 10.1. The normalized spacial score (nSPS) is 15.2. The average Bonchev–Trinajstić information content (AvgIpc) is 2.70. The average molecular weight is 365 g/mol. The second kappa shape index (κ2) is 7.85. The molecule has 132 valence electrons. The molecular formula is C21H21ClN4. The van der Waals surface area contributed by atoms with Crippen molar-refractivity contribution in [2.45, 2.75) is 6.54 Å². The van der Waals surface area contributed by atoms with Crippen molar-refractivity contribution in [2.75, 3.05) is 31.1 Å². The number of aromatic nitrogens is 2. The van der Waals surface area contributed by atoms with Crippen molar-refractivity contribution < 1.29 is 0 Å². The zero-order valence-electron chi connectivity index (χ0n) is 14.6. The summed E-state index contributed by atoms with van der Waals surface area (Å²) >= 11 is 5.94. The summed E-state index contributed by atoms with van der Waals surface area (Å²) in [6, 6.07) is 22.4. The molecule has 2 heterocycles. The van der Waals surface area contributed by atoms with Crippen molar-refractivity contribution in [3.63, 3.8) is 0 Å². The molecule has 1 fully saturated rings. The zero-order chi connectivity index (χ0) is 17.8. The topological polar surface area (TPSA) is 32.3 Å². The van der Waals surface area contributed by atoms with Crippen molar-refractivity contribution in [1.29, 1.82) is 0 Å². The van der Waals surface area contributed by atoms with Gasteiger partial charge in [0.1, 0.15) is 0 Å². The van der Waals surface area contributed by atoms with E-state index in [0.717, 1.165) is 54.8 Å². The minimum atomic E-state index is 0.728. The van der Waals surface area contributed by atoms with E-state index >= 15 is 0 Å². The van der Waals surface area contributed by atoms with Gasteiger partial charge in [-0.15, -0.1) is 10.2 Å². The van der Waals surface area contributed by atoms with Gasteiger partial charge in [-0.1, -0.05) is 54.1 Å². The molecule has 0 bridgehead atoms. The van der Waals surface area contributed by atoms with Crippen LogP contribution in [0.3, 0.4) is 0 Å². The molecule has 1 aromatic heterocycles. The van der Waals surface area contributed by atoms with E-state index < -0.39 is 0 Å². The van der Waals surface area contributed by atoms with Crippen LogP contribution in [0.25, 0.3) is 11.3 Å². The molecule has 0 aliphatic carbocycles. The molecule has 0 radical (unpaired) electrons. The molecule has 1 aliphatic heterocycles. The van der Waals surface area contributed by atoms with Crippen LogP contribution in [0.1, 0.15) is 5.56 Å². The third kappa shape index (κ3) is 4.03. The van der Waals surface area contributed by atoms with Gasteiger partial charge in [0.15, 0.2) is 5.82 Å². The standard InChI is InChI=1S/C21H21ClN4/c22-19-8-6-18(7-9-19)20-10-11-21(24-23-20)26-14-12-25(13-15-26)16-17-4-2-1-3-5-17/h1-11H,12-16H2. The monoisotopic (exact) mass is 364 g/mol. The summed E-state index contributed by atoms with van der Waals surface area (Å²) in [5.41, 5.74) is 3.27. The number of piperazine rings is 1. The van der Waals surface area contributed by atoms with Crippen molar-refractivity contribution >= 4 is 17.4 Å². The fraction of sp³-hybridized carbons (Fsp3) is 0.238. The minimum Gasteiger partial charge on any atom is -0.353 e. The van der Waals surface area contributed by atoms with Crippen molar-refractivity contribution in [3.05, 3.63) is 77.3 Å². The highest BCUT2D eigenvalue weighted by molar-refractivity contribution is 6.30. The third-order valence-electron chi connectivity index (χ3n) is 4.74. The molecule has 3 aromatic rings. The van der Waals surface area contributed by atoms with E-state index in [1.165, 1.54) is 5.56 Å². The summed E-state index contributed by atoms with van der Waals surface area (Å²) in [6.07, 6.45) is 0. The summed E-state index contributed by atoms with van der Waals surface area (Å²) in [6.45, 7) is 5.03. The van der Waals surface area contributed by atoms with E-state index in [4.69, 9.17) is 11.6 Å². The number of hydrogen-bond acceptors (Lipinski definition) is 4. The Morgan fingerprint density at radius 3 is 2.15 bits per heavy atom. The highest BCUT2D eigenvalue weighted by atomic mass is 35.5. The van der Waals surface area contributed by atoms with E-state index in [0.29, 0.717) is 0 Å². The molecule has 4 rings (SSSR count). The highest BCUT2D eigenvalue weighted by Crippen LogP contribution is 2.21. The number of halogens is 1. The number of benzene rings is 2. The lowest BCUT2D eigenvalue weighted by molar-refractivity contribution is 0.249. The maximum atomic E-state index is 5.94. The summed E-state index contributed by atoms with van der Waals surface area (Å²) < 4.78 is 0. The third-order valence-corrected chi connectivity index (χ3v) is 4.99. The Balaban J connectivity index is 1.36. The van der Waals surface area contributed by atoms with E-state index in [2.05, 4.69) is 56.4 Å². The number of nitrogens with zero attached hydrogens (tertiary/aromatic N) is 4. The van der Waals surface area contributed by atoms with Gasteiger partial charge < -0.3 is 4.90 Å². The van der Waals surface area contributed by atoms with Crippen molar-refractivity contribution in [1.82, 2.24) is 15.1 Å². The second-order valence-corrected chi connectivity index (χ2v) is 6.97. The number of hydrogen-bond donors (Lipinski definition) is 0. The SMILES string of the molecule is Clc1ccc(-c2ccc(N3CCN(Cc4ccccc4)CC3)nn2)cc1. The van der Waals surface area contributed by atoms with Gasteiger partial charge in [-0.2, -0.15) is 0 Å². The molecule has 5 heteroatoms. The van der Waals surface area contributed by atoms with Crippen LogP contribution < -0.4 is 4.90 Å². The predicted molar refractivity (Wildman–Crippen MR) is 106 cm³/mol. The van der Waals surface area contributed by atoms with Gasteiger partial charge in [-0.3, -0.25) is 4.90 Å². The lowest BCUT2D eigenvalue weighted by Gasteiger charge is -2.35. The van der Waals surface area contributed by atoms with Crippen LogP contribution in [-0.4, -0.2) is 41.3 Å². The Kier molecular flexibility index (Phi) is 5.14. The van der Waals surface area contributed by atoms with Gasteiger partial charge in [0.2, 0.25) is 0 Å². The van der Waals surface area contributed by atoms with Crippen LogP contribution in [0.15, 0.2) is 66.7 Å². The molecule has 1 aliphatic rings. The quantitative estimate of drug-likeness (QED) is 0.697. The molecule has 4 nitrogen and oxygen atoms in total. The fourth-order valence-corrected chi connectivity index (χ4v) is 3.37. The van der Waals surface area contributed by atoms with Gasteiger partial charge in [-0.05, 0) is 29.8 Å². The second-order valence-electron chi connectivity index (χ2n) is 6.53. The minimum absolute atomic E-state index is 0.728. The van der Waals surface area contributed by atoms with Gasteiger partial charge in [0, 0.05) is 43.3 Å². The van der Waals surface area contributed by atoms with Crippen LogP contribution in [0, 0.1) is 0 Å². The maximum Gasteiger partial charge on any atom is 0.151 e. The van der Waals surface area contributed by atoms with Crippen LogP contribution in [-0.2, 0) is 6.54 Å². The first-order valence-electron chi connectivity index (χ1n) is 8.89. The van der Waals surface area contributed by atoms with E-state index in [9.17, 15) is 0 Å². The Morgan fingerprint density at radius 2 is 1.50 bits per heavy atom. The lowest BCUT2D eigenvalue weighted by Crippen LogP contribution is -2.46. The van der Waals surface area contributed by atoms with Crippen LogP contribution >= 0.6 is 11.6 Å². The van der Waals surface area contributed by atoms with E-state index in [-0.39, 0.29) is 0 Å². The number of anilines is 1. The Hall–Kier alpha value is -2.43. The number of rotatable bonds is 4. The Morgan fingerprint density at radius 1 is 0.769 bits per heavy atom. The first-order chi connectivity index (χ1) is 12.8. The maximum absolute atomic E-state index is 5.94. The Labute approximate surface area is 159 Å². The highest BCUT2D eigenvalue weighted by Gasteiger charge is 2.18. The van der Waals surface area contributed by atoms with Gasteiger partial charge in [0.05, 0.1) is 5.69 Å². The molecule has 26 heavy (non-hydrogen) atoms. The Bertz CT molecular complexity index is 826. The van der Waals surface area contributed by atoms with E-state index in [1.54, 1.807) is 0 Å². The molecule has 0 saturated carbocycles. The van der Waals surface area contributed by atoms with Crippen LogP contribution in [0.5, 0.6) is 0 Å². The summed E-state index contributed by atoms with van der Waals surface area (Å²) in [4.78, 5) is 4.79. The van der Waals surface area contributed by atoms with Gasteiger partial charge in [0.25, 0.3) is 0 Å². The predicted octanol–water partition coefficient (Wildman–Crippen LogP) is 4.12. The van der Waals surface area contributed by atoms with Crippen molar-refractivity contribution in [3.8, 4) is 11.3 Å². The molecule has 0 unspecified atom stereocenters. The fourth-order valence-electron chi connectivity index (χ4n) is 3.25. The van der Waals surface area contributed by atoms with E-state index in [1.807, 2.05) is 30.3 Å². The molecule has 2 aromatic carbocycles. The molecular weight excluding hydrogens is 344 g/mol. The first kappa shape index (κ1) is 17.0. The summed E-state index contributed by atoms with van der Waals surface area (Å²) in [5, 5.41) is 9.56. The molecule has 0 atom stereocenters. The largest absolute Gasteiger partial charge is 0.353 e. The summed E-state index contributed by atoms with van der Waals surface area (Å²) in [5.74, 6) is 0.946. The molecule has 0 spiro atoms. The van der Waals surface area contributed by atoms with Crippen molar-refractivity contribution in [2.24, 2.45) is 0 Å².